The summed E-state index contributed by atoms with van der Waals surface area (Å²) in [5.41, 5.74) is 10.4. The zero-order chi connectivity index (χ0) is 30.8. The molecule has 1 aromatic rings. The van der Waals surface area contributed by atoms with Gasteiger partial charge in [-0.05, 0) is 75.0 Å². The summed E-state index contributed by atoms with van der Waals surface area (Å²) in [6, 6.07) is 8.93. The number of fused-ring (bicyclic) bond motifs is 1. The molecule has 4 heteroatoms. The standard InChI is InChI=1S/C38H65N3O/c1-9-10-11-12-13-14-22-36(37(4,5)6)38(7,8)42-33-20-17-18-30(26-33)25-32(40-27-34(39)29(2)3)28-41-24-23-31-19-15-16-21-35(31)41/h17-18,20-21,26,28-29,31,34,36,40H,9-16,19,22-25,27,39H2,1-8H3/t31-,34+,36-/m0/s1. The van der Waals surface area contributed by atoms with Crippen molar-refractivity contribution in [3.8, 4) is 5.75 Å². The smallest absolute Gasteiger partial charge is 0.120 e. The van der Waals surface area contributed by atoms with Crippen molar-refractivity contribution in [2.24, 2.45) is 28.9 Å². The van der Waals surface area contributed by atoms with Crippen molar-refractivity contribution >= 4 is 0 Å². The molecule has 0 radical (unpaired) electrons. The van der Waals surface area contributed by atoms with Gasteiger partial charge >= 0.3 is 0 Å². The van der Waals surface area contributed by atoms with Gasteiger partial charge in [0.05, 0.1) is 0 Å². The topological polar surface area (TPSA) is 50.5 Å². The zero-order valence-electron chi connectivity index (χ0n) is 28.6. The van der Waals surface area contributed by atoms with Gasteiger partial charge in [-0.15, -0.1) is 0 Å². The van der Waals surface area contributed by atoms with Gasteiger partial charge in [0, 0.05) is 55.0 Å². The van der Waals surface area contributed by atoms with E-state index >= 15 is 0 Å². The first-order valence-electron chi connectivity index (χ1n) is 17.4. The number of nitrogens with zero attached hydrogens (tertiary/aromatic N) is 1. The molecule has 1 saturated heterocycles. The third-order valence-electron chi connectivity index (χ3n) is 9.72. The Kier molecular flexibility index (Phi) is 13.3. The first-order chi connectivity index (χ1) is 19.9. The van der Waals surface area contributed by atoms with E-state index < -0.39 is 0 Å². The van der Waals surface area contributed by atoms with E-state index in [0.29, 0.717) is 11.8 Å². The van der Waals surface area contributed by atoms with Gasteiger partial charge in [0.25, 0.3) is 0 Å². The maximum atomic E-state index is 6.86. The van der Waals surface area contributed by atoms with Gasteiger partial charge in [-0.3, -0.25) is 0 Å². The second-order valence-electron chi connectivity index (χ2n) is 15.2. The van der Waals surface area contributed by atoms with Gasteiger partial charge < -0.3 is 20.7 Å². The largest absolute Gasteiger partial charge is 0.488 e. The highest BCUT2D eigenvalue weighted by molar-refractivity contribution is 5.32. The molecule has 1 aliphatic carbocycles. The van der Waals surface area contributed by atoms with Crippen LogP contribution in [0.4, 0.5) is 0 Å². The van der Waals surface area contributed by atoms with Gasteiger partial charge in [0.15, 0.2) is 0 Å². The van der Waals surface area contributed by atoms with Crippen molar-refractivity contribution in [2.75, 3.05) is 13.1 Å². The second-order valence-corrected chi connectivity index (χ2v) is 15.2. The van der Waals surface area contributed by atoms with Crippen LogP contribution < -0.4 is 15.8 Å². The summed E-state index contributed by atoms with van der Waals surface area (Å²) in [5.74, 6) is 2.63. The number of hydrogen-bond donors (Lipinski definition) is 2. The normalized spacial score (nSPS) is 19.5. The highest BCUT2D eigenvalue weighted by Gasteiger charge is 2.39. The van der Waals surface area contributed by atoms with Crippen LogP contribution in [0.25, 0.3) is 0 Å². The molecule has 0 unspecified atom stereocenters. The van der Waals surface area contributed by atoms with E-state index in [4.69, 9.17) is 10.5 Å². The number of nitrogens with one attached hydrogen (secondary N) is 1. The van der Waals surface area contributed by atoms with Crippen LogP contribution in [0.15, 0.2) is 47.9 Å². The van der Waals surface area contributed by atoms with E-state index in [2.05, 4.69) is 102 Å². The Bertz CT molecular complexity index is 1000. The fraction of sp³-hybridized carbons (Fsp3) is 0.737. The number of hydrogen-bond acceptors (Lipinski definition) is 4. The molecule has 3 atom stereocenters. The Hall–Kier alpha value is -1.94. The number of benzene rings is 1. The molecule has 0 bridgehead atoms. The molecule has 0 aromatic heterocycles. The van der Waals surface area contributed by atoms with Crippen LogP contribution in [0.1, 0.15) is 132 Å². The van der Waals surface area contributed by atoms with E-state index in [-0.39, 0.29) is 17.1 Å². The lowest BCUT2D eigenvalue weighted by atomic mass is 9.69. The lowest BCUT2D eigenvalue weighted by Crippen LogP contribution is -2.44. The minimum Gasteiger partial charge on any atom is -0.488 e. The van der Waals surface area contributed by atoms with Crippen LogP contribution in [-0.2, 0) is 6.42 Å². The molecule has 1 fully saturated rings. The summed E-state index contributed by atoms with van der Waals surface area (Å²) in [6.07, 6.45) is 20.1. The van der Waals surface area contributed by atoms with Gasteiger partial charge in [-0.1, -0.05) is 98.3 Å². The molecule has 4 nitrogen and oxygen atoms in total. The molecule has 0 amide bonds. The Labute approximate surface area is 259 Å². The highest BCUT2D eigenvalue weighted by atomic mass is 16.5. The van der Waals surface area contributed by atoms with Gasteiger partial charge in [-0.2, -0.15) is 0 Å². The van der Waals surface area contributed by atoms with Crippen molar-refractivity contribution in [3.05, 3.63) is 53.5 Å². The third-order valence-corrected chi connectivity index (χ3v) is 9.72. The zero-order valence-corrected chi connectivity index (χ0v) is 28.6. The lowest BCUT2D eigenvalue weighted by Gasteiger charge is -2.43. The van der Waals surface area contributed by atoms with Gasteiger partial charge in [0.2, 0.25) is 0 Å². The van der Waals surface area contributed by atoms with E-state index in [1.165, 1.54) is 87.6 Å². The van der Waals surface area contributed by atoms with Gasteiger partial charge in [-0.25, -0.2) is 0 Å². The van der Waals surface area contributed by atoms with Crippen LogP contribution >= 0.6 is 0 Å². The second kappa shape index (κ2) is 16.2. The monoisotopic (exact) mass is 580 g/mol. The number of nitrogens with two attached hydrogens (primary N) is 1. The fourth-order valence-electron chi connectivity index (χ4n) is 7.23. The molecule has 2 aliphatic rings. The number of rotatable bonds is 17. The van der Waals surface area contributed by atoms with Crippen molar-refractivity contribution in [2.45, 2.75) is 144 Å². The summed E-state index contributed by atoms with van der Waals surface area (Å²) < 4.78 is 6.86. The van der Waals surface area contributed by atoms with Crippen molar-refractivity contribution in [3.63, 3.8) is 0 Å². The SMILES string of the molecule is CCCCCCCC[C@@H](C(C)(C)C)C(C)(C)Oc1cccc(CC(=CN2CC[C@@H]3CCCC=C32)NC[C@@H](N)C(C)C)c1. The van der Waals surface area contributed by atoms with E-state index in [0.717, 1.165) is 31.2 Å². The molecule has 3 N–H and O–H groups in total. The molecule has 1 heterocycles. The number of likely N-dealkylation sites (tertiary alicyclic amines) is 1. The van der Waals surface area contributed by atoms with E-state index in [1.54, 1.807) is 0 Å². The summed E-state index contributed by atoms with van der Waals surface area (Å²) in [6.45, 7) is 20.3. The first kappa shape index (κ1) is 34.5. The first-order valence-corrected chi connectivity index (χ1v) is 17.4. The predicted octanol–water partition coefficient (Wildman–Crippen LogP) is 9.60. The Morgan fingerprint density at radius 2 is 1.81 bits per heavy atom. The van der Waals surface area contributed by atoms with E-state index in [1.807, 2.05) is 0 Å². The fourth-order valence-corrected chi connectivity index (χ4v) is 7.23. The lowest BCUT2D eigenvalue weighted by molar-refractivity contribution is -0.0168. The summed E-state index contributed by atoms with van der Waals surface area (Å²) in [4.78, 5) is 2.51. The quantitative estimate of drug-likeness (QED) is 0.180. The summed E-state index contributed by atoms with van der Waals surface area (Å²) >= 11 is 0. The molecule has 42 heavy (non-hydrogen) atoms. The van der Waals surface area contributed by atoms with Crippen LogP contribution in [-0.4, -0.2) is 29.6 Å². The molecular weight excluding hydrogens is 514 g/mol. The van der Waals surface area contributed by atoms with Crippen LogP contribution in [0.3, 0.4) is 0 Å². The summed E-state index contributed by atoms with van der Waals surface area (Å²) in [5, 5.41) is 3.75. The number of ether oxygens (including phenoxy) is 1. The van der Waals surface area contributed by atoms with Crippen LogP contribution in [0.5, 0.6) is 5.75 Å². The molecular formula is C38H65N3O. The average Bonchev–Trinajstić information content (AvgIpc) is 3.32. The highest BCUT2D eigenvalue weighted by Crippen LogP contribution is 2.41. The summed E-state index contributed by atoms with van der Waals surface area (Å²) in [7, 11) is 0. The molecule has 0 spiro atoms. The van der Waals surface area contributed by atoms with Crippen molar-refractivity contribution < 1.29 is 4.74 Å². The molecule has 1 aliphatic heterocycles. The van der Waals surface area contributed by atoms with Gasteiger partial charge in [0.1, 0.15) is 11.4 Å². The predicted molar refractivity (Wildman–Crippen MR) is 181 cm³/mol. The molecule has 1 aromatic carbocycles. The van der Waals surface area contributed by atoms with Crippen LogP contribution in [0, 0.1) is 23.2 Å². The van der Waals surface area contributed by atoms with Crippen LogP contribution in [0.2, 0.25) is 0 Å². The Morgan fingerprint density at radius 3 is 2.52 bits per heavy atom. The molecule has 238 valence electrons. The Balaban J connectivity index is 1.73. The number of unbranched alkanes of at least 4 members (excludes halogenated alkanes) is 5. The third kappa shape index (κ3) is 10.6. The molecule has 0 saturated carbocycles. The number of allylic oxidation sites excluding steroid dienone is 3. The minimum absolute atomic E-state index is 0.130. The van der Waals surface area contributed by atoms with Crippen molar-refractivity contribution in [1.29, 1.82) is 0 Å². The maximum absolute atomic E-state index is 6.86. The molecule has 3 rings (SSSR count). The minimum atomic E-state index is -0.251. The van der Waals surface area contributed by atoms with Crippen molar-refractivity contribution in [1.82, 2.24) is 10.2 Å². The van der Waals surface area contributed by atoms with E-state index in [9.17, 15) is 0 Å². The maximum Gasteiger partial charge on any atom is 0.120 e. The Morgan fingerprint density at radius 1 is 1.07 bits per heavy atom. The average molecular weight is 580 g/mol.